The molecule has 0 atom stereocenters. The topological polar surface area (TPSA) is 55.1 Å². The molecule has 0 saturated carbocycles. The zero-order valence-electron chi connectivity index (χ0n) is 12.8. The van der Waals surface area contributed by atoms with Gasteiger partial charge in [0.25, 0.3) is 12.3 Å². The van der Waals surface area contributed by atoms with Crippen molar-refractivity contribution in [1.29, 1.82) is 0 Å². The number of amides is 1. The van der Waals surface area contributed by atoms with Crippen molar-refractivity contribution in [1.82, 2.24) is 5.16 Å². The molecule has 0 saturated heterocycles. The molecule has 0 fully saturated rings. The predicted octanol–water partition coefficient (Wildman–Crippen LogP) is 4.95. The van der Waals surface area contributed by atoms with Gasteiger partial charge in [-0.05, 0) is 23.8 Å². The van der Waals surface area contributed by atoms with E-state index in [-0.39, 0.29) is 16.8 Å². The highest BCUT2D eigenvalue weighted by Gasteiger charge is 2.24. The summed E-state index contributed by atoms with van der Waals surface area (Å²) in [5.41, 5.74) is -1.13. The Kier molecular flexibility index (Phi) is 4.70. The van der Waals surface area contributed by atoms with Gasteiger partial charge in [0.15, 0.2) is 23.1 Å². The molecule has 26 heavy (non-hydrogen) atoms. The van der Waals surface area contributed by atoms with E-state index >= 15 is 0 Å². The number of para-hydroxylation sites is 1. The van der Waals surface area contributed by atoms with Gasteiger partial charge in [-0.2, -0.15) is 0 Å². The molecule has 0 spiro atoms. The molecule has 3 aromatic rings. The number of hydrogen-bond donors (Lipinski definition) is 1. The third kappa shape index (κ3) is 3.28. The summed E-state index contributed by atoms with van der Waals surface area (Å²) in [5, 5.41) is 5.41. The molecule has 0 aliphatic rings. The molecular weight excluding hydrogens is 359 g/mol. The summed E-state index contributed by atoms with van der Waals surface area (Å²) in [7, 11) is 0. The van der Waals surface area contributed by atoms with E-state index in [4.69, 9.17) is 0 Å². The van der Waals surface area contributed by atoms with Crippen molar-refractivity contribution in [3.8, 4) is 11.1 Å². The minimum atomic E-state index is -3.02. The molecular formula is C17H9F5N2O2. The van der Waals surface area contributed by atoms with Gasteiger partial charge in [-0.3, -0.25) is 4.79 Å². The Hall–Kier alpha value is -3.23. The number of carbonyl (C=O) groups excluding carboxylic acids is 1. The molecule has 1 heterocycles. The van der Waals surface area contributed by atoms with Gasteiger partial charge in [-0.25, -0.2) is 22.0 Å². The molecule has 0 radical (unpaired) electrons. The number of nitrogens with one attached hydrogen (secondary N) is 1. The molecule has 0 unspecified atom stereocenters. The Morgan fingerprint density at radius 1 is 1.08 bits per heavy atom. The van der Waals surface area contributed by atoms with Crippen LogP contribution in [0.2, 0.25) is 0 Å². The zero-order chi connectivity index (χ0) is 18.8. The maximum atomic E-state index is 13.5. The van der Waals surface area contributed by atoms with E-state index in [1.54, 1.807) is 0 Å². The number of hydrogen-bond acceptors (Lipinski definition) is 3. The van der Waals surface area contributed by atoms with Crippen LogP contribution >= 0.6 is 0 Å². The van der Waals surface area contributed by atoms with Gasteiger partial charge in [-0.1, -0.05) is 23.4 Å². The summed E-state index contributed by atoms with van der Waals surface area (Å²) in [6, 6.07) is 7.36. The first kappa shape index (κ1) is 17.6. The van der Waals surface area contributed by atoms with Gasteiger partial charge in [0.2, 0.25) is 0 Å². The van der Waals surface area contributed by atoms with Crippen LogP contribution in [0.15, 0.2) is 47.2 Å². The van der Waals surface area contributed by atoms with Crippen molar-refractivity contribution < 1.29 is 31.3 Å². The lowest BCUT2D eigenvalue weighted by molar-refractivity contribution is 0.101. The number of aromatic nitrogens is 1. The van der Waals surface area contributed by atoms with Crippen LogP contribution in [0.5, 0.6) is 0 Å². The van der Waals surface area contributed by atoms with Crippen LogP contribution in [-0.2, 0) is 0 Å². The van der Waals surface area contributed by atoms with Crippen LogP contribution < -0.4 is 5.32 Å². The number of anilines is 1. The molecule has 1 amide bonds. The molecule has 0 bridgehead atoms. The van der Waals surface area contributed by atoms with Crippen molar-refractivity contribution in [2.24, 2.45) is 0 Å². The van der Waals surface area contributed by atoms with Gasteiger partial charge in [0, 0.05) is 11.3 Å². The van der Waals surface area contributed by atoms with E-state index in [9.17, 15) is 26.7 Å². The van der Waals surface area contributed by atoms with Gasteiger partial charge in [0.05, 0.1) is 0 Å². The smallest absolute Gasteiger partial charge is 0.284 e. The van der Waals surface area contributed by atoms with Crippen LogP contribution in [0, 0.1) is 17.5 Å². The fraction of sp³-hybridized carbons (Fsp3) is 0.0588. The number of alkyl halides is 2. The van der Waals surface area contributed by atoms with Crippen molar-refractivity contribution in [3.63, 3.8) is 0 Å². The Labute approximate surface area is 143 Å². The highest BCUT2D eigenvalue weighted by molar-refractivity contribution is 6.06. The molecule has 134 valence electrons. The quantitative estimate of drug-likeness (QED) is 0.524. The number of halogens is 5. The SMILES string of the molecule is O=C(Nc1ccccc1-c1cc(F)c(F)c(F)c1)c1conc1C(F)F. The normalized spacial score (nSPS) is 11.0. The number of carbonyl (C=O) groups is 1. The third-order valence-electron chi connectivity index (χ3n) is 3.52. The average molecular weight is 368 g/mol. The summed E-state index contributed by atoms with van der Waals surface area (Å²) >= 11 is 0. The summed E-state index contributed by atoms with van der Waals surface area (Å²) in [4.78, 5) is 12.2. The largest absolute Gasteiger partial charge is 0.363 e. The molecule has 9 heteroatoms. The second-order valence-corrected chi connectivity index (χ2v) is 5.17. The zero-order valence-corrected chi connectivity index (χ0v) is 12.8. The summed E-state index contributed by atoms with van der Waals surface area (Å²) in [6.07, 6.45) is -2.26. The van der Waals surface area contributed by atoms with E-state index in [0.29, 0.717) is 0 Å². The van der Waals surface area contributed by atoms with Gasteiger partial charge in [-0.15, -0.1) is 0 Å². The van der Waals surface area contributed by atoms with E-state index < -0.39 is 41.0 Å². The fourth-order valence-corrected chi connectivity index (χ4v) is 2.32. The number of rotatable bonds is 4. The highest BCUT2D eigenvalue weighted by atomic mass is 19.3. The standard InChI is InChI=1S/C17H9F5N2O2/c18-11-5-8(6-12(19)14(11)20)9-3-1-2-4-13(9)23-17(25)10-7-26-24-15(10)16(21)22/h1-7,16H,(H,23,25). The average Bonchev–Trinajstić information content (AvgIpc) is 3.10. The molecule has 1 aromatic heterocycles. The van der Waals surface area contributed by atoms with Crippen molar-refractivity contribution in [3.05, 3.63) is 71.4 Å². The van der Waals surface area contributed by atoms with Gasteiger partial charge >= 0.3 is 0 Å². The molecule has 1 N–H and O–H groups in total. The third-order valence-corrected chi connectivity index (χ3v) is 3.52. The second kappa shape index (κ2) is 6.95. The van der Waals surface area contributed by atoms with Crippen LogP contribution in [-0.4, -0.2) is 11.1 Å². The number of nitrogens with zero attached hydrogens (tertiary/aromatic N) is 1. The second-order valence-electron chi connectivity index (χ2n) is 5.17. The van der Waals surface area contributed by atoms with Crippen molar-refractivity contribution in [2.75, 3.05) is 5.32 Å². The lowest BCUT2D eigenvalue weighted by Gasteiger charge is -2.11. The van der Waals surface area contributed by atoms with Crippen molar-refractivity contribution >= 4 is 11.6 Å². The fourth-order valence-electron chi connectivity index (χ4n) is 2.32. The molecule has 3 rings (SSSR count). The maximum Gasteiger partial charge on any atom is 0.284 e. The maximum absolute atomic E-state index is 13.5. The minimum Gasteiger partial charge on any atom is -0.363 e. The van der Waals surface area contributed by atoms with Gasteiger partial charge in [0.1, 0.15) is 11.8 Å². The first-order valence-corrected chi connectivity index (χ1v) is 7.16. The van der Waals surface area contributed by atoms with E-state index in [2.05, 4.69) is 15.0 Å². The van der Waals surface area contributed by atoms with Crippen LogP contribution in [0.3, 0.4) is 0 Å². The molecule has 0 aliphatic heterocycles. The predicted molar refractivity (Wildman–Crippen MR) is 81.2 cm³/mol. The van der Waals surface area contributed by atoms with Gasteiger partial charge < -0.3 is 9.84 Å². The summed E-state index contributed by atoms with van der Waals surface area (Å²) in [6.45, 7) is 0. The molecule has 2 aromatic carbocycles. The Morgan fingerprint density at radius 2 is 1.73 bits per heavy atom. The first-order valence-electron chi connectivity index (χ1n) is 7.16. The van der Waals surface area contributed by atoms with Crippen molar-refractivity contribution in [2.45, 2.75) is 6.43 Å². The minimum absolute atomic E-state index is 0.0447. The first-order chi connectivity index (χ1) is 12.4. The molecule has 0 aliphatic carbocycles. The monoisotopic (exact) mass is 368 g/mol. The van der Waals surface area contributed by atoms with E-state index in [0.717, 1.165) is 18.4 Å². The number of benzene rings is 2. The van der Waals surface area contributed by atoms with E-state index in [1.807, 2.05) is 0 Å². The molecule has 4 nitrogen and oxygen atoms in total. The highest BCUT2D eigenvalue weighted by Crippen LogP contribution is 2.31. The van der Waals surface area contributed by atoms with Crippen LogP contribution in [0.25, 0.3) is 11.1 Å². The Morgan fingerprint density at radius 3 is 2.38 bits per heavy atom. The Bertz CT molecular complexity index is 948. The lowest BCUT2D eigenvalue weighted by Crippen LogP contribution is -2.14. The lowest BCUT2D eigenvalue weighted by atomic mass is 10.0. The Balaban J connectivity index is 1.98. The van der Waals surface area contributed by atoms with E-state index in [1.165, 1.54) is 24.3 Å². The van der Waals surface area contributed by atoms with Crippen LogP contribution in [0.1, 0.15) is 22.5 Å². The van der Waals surface area contributed by atoms with Crippen LogP contribution in [0.4, 0.5) is 27.6 Å². The summed E-state index contributed by atoms with van der Waals surface area (Å²) in [5.74, 6) is -5.38. The summed E-state index contributed by atoms with van der Waals surface area (Å²) < 4.78 is 70.1.